The molecule has 1 aliphatic heterocycles. The van der Waals surface area contributed by atoms with Crippen LogP contribution in [0.5, 0.6) is 0 Å². The standard InChI is InChI=1S/C23H27N7O/c1-24-21(31)19-9-5-10-20(15-19)27-22-25-17-26-23(28-22)30-12-6-11-29(13-14-30)16-18-7-3-2-4-8-18/h2-5,7-10,15,17H,6,11-14,16H2,1H3,(H,24,31)(H,25,26,27,28). The van der Waals surface area contributed by atoms with Crippen molar-refractivity contribution >= 4 is 23.5 Å². The summed E-state index contributed by atoms with van der Waals surface area (Å²) in [6.07, 6.45) is 2.58. The van der Waals surface area contributed by atoms with Crippen molar-refractivity contribution in [2.75, 3.05) is 43.4 Å². The van der Waals surface area contributed by atoms with E-state index in [2.05, 4.69) is 65.7 Å². The summed E-state index contributed by atoms with van der Waals surface area (Å²) < 4.78 is 0. The van der Waals surface area contributed by atoms with Gasteiger partial charge in [-0.25, -0.2) is 9.97 Å². The van der Waals surface area contributed by atoms with Gasteiger partial charge in [-0.1, -0.05) is 36.4 Å². The van der Waals surface area contributed by atoms with Gasteiger partial charge in [0.25, 0.3) is 5.91 Å². The highest BCUT2D eigenvalue weighted by atomic mass is 16.1. The normalized spacial score (nSPS) is 14.7. The third-order valence-corrected chi connectivity index (χ3v) is 5.29. The van der Waals surface area contributed by atoms with Crippen LogP contribution >= 0.6 is 0 Å². The van der Waals surface area contributed by atoms with E-state index < -0.39 is 0 Å². The first-order chi connectivity index (χ1) is 15.2. The van der Waals surface area contributed by atoms with Gasteiger partial charge in [0, 0.05) is 51.0 Å². The molecule has 2 aromatic carbocycles. The molecule has 0 atom stereocenters. The summed E-state index contributed by atoms with van der Waals surface area (Å²) in [5.41, 5.74) is 2.66. The molecule has 160 valence electrons. The zero-order valence-electron chi connectivity index (χ0n) is 17.7. The fraction of sp³-hybridized carbons (Fsp3) is 0.304. The summed E-state index contributed by atoms with van der Waals surface area (Å²) in [7, 11) is 1.61. The van der Waals surface area contributed by atoms with Gasteiger partial charge >= 0.3 is 0 Å². The Hall–Kier alpha value is -3.52. The Kier molecular flexibility index (Phi) is 6.68. The van der Waals surface area contributed by atoms with E-state index in [1.54, 1.807) is 19.2 Å². The molecule has 1 fully saturated rings. The molecule has 4 rings (SSSR count). The molecule has 1 saturated heterocycles. The first kappa shape index (κ1) is 20.7. The van der Waals surface area contributed by atoms with Gasteiger partial charge < -0.3 is 15.5 Å². The Morgan fingerprint density at radius 2 is 1.87 bits per heavy atom. The van der Waals surface area contributed by atoms with Crippen LogP contribution in [0.15, 0.2) is 60.9 Å². The van der Waals surface area contributed by atoms with Crippen molar-refractivity contribution in [2.45, 2.75) is 13.0 Å². The summed E-state index contributed by atoms with van der Waals surface area (Å²) >= 11 is 0. The van der Waals surface area contributed by atoms with Crippen LogP contribution in [0.1, 0.15) is 22.3 Å². The molecular weight excluding hydrogens is 390 g/mol. The fourth-order valence-electron chi connectivity index (χ4n) is 3.68. The Morgan fingerprint density at radius 1 is 1.00 bits per heavy atom. The lowest BCUT2D eigenvalue weighted by Gasteiger charge is -2.22. The molecule has 3 aromatic rings. The SMILES string of the molecule is CNC(=O)c1cccc(Nc2ncnc(N3CCCN(Cc4ccccc4)CC3)n2)c1. The number of hydrogen-bond donors (Lipinski definition) is 2. The summed E-state index contributed by atoms with van der Waals surface area (Å²) in [4.78, 5) is 29.8. The van der Waals surface area contributed by atoms with Gasteiger partial charge in [0.2, 0.25) is 11.9 Å². The highest BCUT2D eigenvalue weighted by Gasteiger charge is 2.18. The molecule has 0 aliphatic carbocycles. The Labute approximate surface area is 182 Å². The molecule has 2 N–H and O–H groups in total. The lowest BCUT2D eigenvalue weighted by atomic mass is 10.2. The van der Waals surface area contributed by atoms with Crippen molar-refractivity contribution in [1.29, 1.82) is 0 Å². The number of aromatic nitrogens is 3. The van der Waals surface area contributed by atoms with E-state index in [9.17, 15) is 4.79 Å². The van der Waals surface area contributed by atoms with Crippen LogP contribution in [0.3, 0.4) is 0 Å². The summed E-state index contributed by atoms with van der Waals surface area (Å²) in [5, 5.41) is 5.81. The number of nitrogens with one attached hydrogen (secondary N) is 2. The van der Waals surface area contributed by atoms with Crippen LogP contribution in [-0.4, -0.2) is 59.0 Å². The first-order valence-electron chi connectivity index (χ1n) is 10.5. The fourth-order valence-corrected chi connectivity index (χ4v) is 3.68. The van der Waals surface area contributed by atoms with Crippen molar-refractivity contribution in [2.24, 2.45) is 0 Å². The van der Waals surface area contributed by atoms with Crippen molar-refractivity contribution in [3.63, 3.8) is 0 Å². The molecule has 8 nitrogen and oxygen atoms in total. The summed E-state index contributed by atoms with van der Waals surface area (Å²) in [5.74, 6) is 0.996. The molecule has 1 aromatic heterocycles. The maximum atomic E-state index is 11.9. The van der Waals surface area contributed by atoms with Gasteiger partial charge in [-0.15, -0.1) is 0 Å². The first-order valence-corrected chi connectivity index (χ1v) is 10.5. The Balaban J connectivity index is 1.40. The zero-order chi connectivity index (χ0) is 21.5. The van der Waals surface area contributed by atoms with Gasteiger partial charge in [-0.05, 0) is 30.2 Å². The van der Waals surface area contributed by atoms with E-state index in [4.69, 9.17) is 0 Å². The van der Waals surface area contributed by atoms with Crippen LogP contribution in [-0.2, 0) is 6.54 Å². The average molecular weight is 418 g/mol. The minimum Gasteiger partial charge on any atom is -0.355 e. The molecule has 0 bridgehead atoms. The van der Waals surface area contributed by atoms with Crippen LogP contribution in [0, 0.1) is 0 Å². The third kappa shape index (κ3) is 5.55. The number of amides is 1. The predicted molar refractivity (Wildman–Crippen MR) is 121 cm³/mol. The summed E-state index contributed by atoms with van der Waals surface area (Å²) in [6, 6.07) is 17.8. The lowest BCUT2D eigenvalue weighted by molar-refractivity contribution is 0.0963. The molecule has 0 spiro atoms. The van der Waals surface area contributed by atoms with Crippen LogP contribution < -0.4 is 15.5 Å². The number of carbonyl (C=O) groups excluding carboxylic acids is 1. The molecule has 0 saturated carbocycles. The average Bonchev–Trinajstić information content (AvgIpc) is 3.05. The Bertz CT molecular complexity index is 1010. The molecule has 2 heterocycles. The highest BCUT2D eigenvalue weighted by molar-refractivity contribution is 5.95. The zero-order valence-corrected chi connectivity index (χ0v) is 17.7. The Morgan fingerprint density at radius 3 is 2.71 bits per heavy atom. The van der Waals surface area contributed by atoms with E-state index in [0.29, 0.717) is 17.5 Å². The van der Waals surface area contributed by atoms with Crippen molar-refractivity contribution < 1.29 is 4.79 Å². The van der Waals surface area contributed by atoms with Crippen LogP contribution in [0.2, 0.25) is 0 Å². The second-order valence-electron chi connectivity index (χ2n) is 7.50. The van der Waals surface area contributed by atoms with E-state index in [1.807, 2.05) is 12.1 Å². The van der Waals surface area contributed by atoms with Crippen molar-refractivity contribution in [3.8, 4) is 0 Å². The van der Waals surface area contributed by atoms with Gasteiger partial charge in [-0.3, -0.25) is 9.69 Å². The smallest absolute Gasteiger partial charge is 0.251 e. The number of nitrogens with zero attached hydrogens (tertiary/aromatic N) is 5. The molecule has 1 amide bonds. The largest absolute Gasteiger partial charge is 0.355 e. The maximum absolute atomic E-state index is 11.9. The van der Waals surface area contributed by atoms with Crippen molar-refractivity contribution in [3.05, 3.63) is 72.1 Å². The lowest BCUT2D eigenvalue weighted by Crippen LogP contribution is -2.31. The van der Waals surface area contributed by atoms with E-state index in [1.165, 1.54) is 11.9 Å². The number of rotatable bonds is 6. The van der Waals surface area contributed by atoms with Gasteiger partial charge in [0.1, 0.15) is 6.33 Å². The van der Waals surface area contributed by atoms with E-state index >= 15 is 0 Å². The van der Waals surface area contributed by atoms with Crippen LogP contribution in [0.4, 0.5) is 17.6 Å². The number of anilines is 3. The third-order valence-electron chi connectivity index (χ3n) is 5.29. The number of carbonyl (C=O) groups is 1. The highest BCUT2D eigenvalue weighted by Crippen LogP contribution is 2.18. The second-order valence-corrected chi connectivity index (χ2v) is 7.50. The van der Waals surface area contributed by atoms with Crippen LogP contribution in [0.25, 0.3) is 0 Å². The monoisotopic (exact) mass is 417 g/mol. The van der Waals surface area contributed by atoms with Gasteiger partial charge in [-0.2, -0.15) is 4.98 Å². The molecular formula is C23H27N7O. The molecule has 1 aliphatic rings. The van der Waals surface area contributed by atoms with Gasteiger partial charge in [0.05, 0.1) is 0 Å². The van der Waals surface area contributed by atoms with E-state index in [-0.39, 0.29) is 5.91 Å². The predicted octanol–water partition coefficient (Wildman–Crippen LogP) is 2.69. The maximum Gasteiger partial charge on any atom is 0.251 e. The number of hydrogen-bond acceptors (Lipinski definition) is 7. The van der Waals surface area contributed by atoms with E-state index in [0.717, 1.165) is 44.8 Å². The number of benzene rings is 2. The molecule has 0 radical (unpaired) electrons. The summed E-state index contributed by atoms with van der Waals surface area (Å²) in [6.45, 7) is 4.73. The minimum absolute atomic E-state index is 0.135. The quantitative estimate of drug-likeness (QED) is 0.638. The topological polar surface area (TPSA) is 86.3 Å². The second kappa shape index (κ2) is 9.99. The molecule has 8 heteroatoms. The molecule has 0 unspecified atom stereocenters. The van der Waals surface area contributed by atoms with Crippen molar-refractivity contribution in [1.82, 2.24) is 25.2 Å². The molecule has 31 heavy (non-hydrogen) atoms. The minimum atomic E-state index is -0.135. The van der Waals surface area contributed by atoms with Gasteiger partial charge in [0.15, 0.2) is 0 Å².